The summed E-state index contributed by atoms with van der Waals surface area (Å²) in [6, 6.07) is 3.85. The van der Waals surface area contributed by atoms with Crippen molar-refractivity contribution in [2.45, 2.75) is 43.9 Å². The SMILES string of the molecule is CN1CCN(C(=O)CC[C@@H]2CNC(=O)[C@@H]3C[C@H](NC(=S)NCc4ccco4)CN23)CC1. The summed E-state index contributed by atoms with van der Waals surface area (Å²) in [5.74, 6) is 1.11. The van der Waals surface area contributed by atoms with Gasteiger partial charge in [-0.05, 0) is 44.2 Å². The molecule has 0 aromatic carbocycles. The van der Waals surface area contributed by atoms with Crippen LogP contribution in [0.2, 0.25) is 0 Å². The second-order valence-corrected chi connectivity index (χ2v) is 9.08. The van der Waals surface area contributed by atoms with Crippen molar-refractivity contribution in [2.75, 3.05) is 46.3 Å². The number of carbonyl (C=O) groups excluding carboxylic acids is 2. The summed E-state index contributed by atoms with van der Waals surface area (Å²) in [7, 11) is 2.09. The zero-order valence-electron chi connectivity index (χ0n) is 18.0. The molecule has 0 spiro atoms. The highest BCUT2D eigenvalue weighted by molar-refractivity contribution is 7.80. The Kier molecular flexibility index (Phi) is 7.09. The smallest absolute Gasteiger partial charge is 0.237 e. The molecule has 1 aromatic heterocycles. The predicted molar refractivity (Wildman–Crippen MR) is 120 cm³/mol. The minimum absolute atomic E-state index is 0.0698. The molecule has 3 atom stereocenters. The van der Waals surface area contributed by atoms with Gasteiger partial charge in [-0.1, -0.05) is 0 Å². The predicted octanol–water partition coefficient (Wildman–Crippen LogP) is -0.261. The largest absolute Gasteiger partial charge is 0.467 e. The Morgan fingerprint density at radius 1 is 1.32 bits per heavy atom. The van der Waals surface area contributed by atoms with Crippen LogP contribution >= 0.6 is 12.2 Å². The molecule has 3 aliphatic heterocycles. The third kappa shape index (κ3) is 5.55. The molecule has 170 valence electrons. The first-order valence-corrected chi connectivity index (χ1v) is 11.5. The minimum atomic E-state index is -0.164. The van der Waals surface area contributed by atoms with E-state index in [0.29, 0.717) is 31.0 Å². The van der Waals surface area contributed by atoms with Gasteiger partial charge in [0.1, 0.15) is 5.76 Å². The van der Waals surface area contributed by atoms with Crippen LogP contribution in [0.3, 0.4) is 0 Å². The summed E-state index contributed by atoms with van der Waals surface area (Å²) in [4.78, 5) is 31.5. The van der Waals surface area contributed by atoms with Crippen LogP contribution in [0, 0.1) is 0 Å². The van der Waals surface area contributed by atoms with Crippen molar-refractivity contribution >= 4 is 29.1 Å². The molecule has 0 saturated carbocycles. The average Bonchev–Trinajstić information content (AvgIpc) is 3.42. The fourth-order valence-electron chi connectivity index (χ4n) is 4.67. The lowest BCUT2D eigenvalue weighted by molar-refractivity contribution is -0.133. The Morgan fingerprint density at radius 2 is 2.13 bits per heavy atom. The summed E-state index contributed by atoms with van der Waals surface area (Å²) in [5.41, 5.74) is 0. The van der Waals surface area contributed by atoms with Gasteiger partial charge in [-0.25, -0.2) is 0 Å². The number of hydrogen-bond acceptors (Lipinski definition) is 6. The quantitative estimate of drug-likeness (QED) is 0.513. The van der Waals surface area contributed by atoms with E-state index in [1.807, 2.05) is 17.0 Å². The molecule has 31 heavy (non-hydrogen) atoms. The van der Waals surface area contributed by atoms with E-state index < -0.39 is 0 Å². The molecule has 0 bridgehead atoms. The molecule has 3 aliphatic rings. The van der Waals surface area contributed by atoms with Crippen LogP contribution in [-0.2, 0) is 16.1 Å². The van der Waals surface area contributed by atoms with E-state index >= 15 is 0 Å². The summed E-state index contributed by atoms with van der Waals surface area (Å²) < 4.78 is 5.31. The topological polar surface area (TPSA) is 93.1 Å². The molecule has 9 nitrogen and oxygen atoms in total. The molecular weight excluding hydrogens is 416 g/mol. The van der Waals surface area contributed by atoms with Crippen LogP contribution in [-0.4, -0.2) is 96.1 Å². The third-order valence-corrected chi connectivity index (χ3v) is 6.77. The first kappa shape index (κ1) is 22.0. The first-order valence-electron chi connectivity index (χ1n) is 11.1. The van der Waals surface area contributed by atoms with Crippen LogP contribution in [0.5, 0.6) is 0 Å². The molecule has 3 saturated heterocycles. The van der Waals surface area contributed by atoms with E-state index in [9.17, 15) is 9.59 Å². The van der Waals surface area contributed by atoms with Crippen LogP contribution in [0.25, 0.3) is 0 Å². The van der Waals surface area contributed by atoms with E-state index in [2.05, 4.69) is 32.8 Å². The molecule has 3 N–H and O–H groups in total. The zero-order chi connectivity index (χ0) is 21.8. The number of carbonyl (C=O) groups is 2. The van der Waals surface area contributed by atoms with Gasteiger partial charge in [0.15, 0.2) is 5.11 Å². The van der Waals surface area contributed by atoms with E-state index in [-0.39, 0.29) is 29.9 Å². The molecule has 0 radical (unpaired) electrons. The molecule has 4 rings (SSSR count). The van der Waals surface area contributed by atoms with Crippen LogP contribution in [0.15, 0.2) is 22.8 Å². The molecule has 4 heterocycles. The number of thiocarbonyl (C=S) groups is 1. The van der Waals surface area contributed by atoms with Crippen molar-refractivity contribution in [3.63, 3.8) is 0 Å². The van der Waals surface area contributed by atoms with Crippen LogP contribution in [0.4, 0.5) is 0 Å². The molecule has 2 amide bonds. The highest BCUT2D eigenvalue weighted by Gasteiger charge is 2.43. The number of furan rings is 1. The van der Waals surface area contributed by atoms with Crippen molar-refractivity contribution in [2.24, 2.45) is 0 Å². The highest BCUT2D eigenvalue weighted by atomic mass is 32.1. The summed E-state index contributed by atoms with van der Waals surface area (Å²) in [5, 5.41) is 10.1. The Labute approximate surface area is 188 Å². The fraction of sp³-hybridized carbons (Fsp3) is 0.667. The number of hydrogen-bond donors (Lipinski definition) is 3. The summed E-state index contributed by atoms with van der Waals surface area (Å²) in [6.45, 7) is 5.33. The normalized spacial score (nSPS) is 26.9. The van der Waals surface area contributed by atoms with Gasteiger partial charge in [0.25, 0.3) is 0 Å². The molecular formula is C21H32N6O3S. The van der Waals surface area contributed by atoms with Crippen molar-refractivity contribution in [3.05, 3.63) is 24.2 Å². The van der Waals surface area contributed by atoms with E-state index in [1.165, 1.54) is 0 Å². The van der Waals surface area contributed by atoms with Crippen LogP contribution < -0.4 is 16.0 Å². The maximum Gasteiger partial charge on any atom is 0.237 e. The van der Waals surface area contributed by atoms with Gasteiger partial charge in [-0.3, -0.25) is 14.5 Å². The second-order valence-electron chi connectivity index (χ2n) is 8.67. The van der Waals surface area contributed by atoms with Crippen molar-refractivity contribution < 1.29 is 14.0 Å². The number of rotatable bonds is 6. The van der Waals surface area contributed by atoms with Crippen molar-refractivity contribution in [1.29, 1.82) is 0 Å². The molecule has 0 unspecified atom stereocenters. The lowest BCUT2D eigenvalue weighted by atomic mass is 10.0. The summed E-state index contributed by atoms with van der Waals surface area (Å²) in [6.07, 6.45) is 3.62. The third-order valence-electron chi connectivity index (χ3n) is 6.51. The van der Waals surface area contributed by atoms with E-state index in [4.69, 9.17) is 16.6 Å². The minimum Gasteiger partial charge on any atom is -0.467 e. The van der Waals surface area contributed by atoms with E-state index in [1.54, 1.807) is 6.26 Å². The average molecular weight is 449 g/mol. The standard InChI is InChI=1S/C21H32N6O3S/c1-25-6-8-26(9-7-25)19(28)5-4-16-12-22-20(29)18-11-15(14-27(16)18)24-21(31)23-13-17-3-2-10-30-17/h2-3,10,15-16,18H,4-9,11-14H2,1H3,(H,22,29)(H2,23,24,31)/t15-,16+,18-/m0/s1. The van der Waals surface area contributed by atoms with E-state index in [0.717, 1.165) is 44.9 Å². The monoisotopic (exact) mass is 448 g/mol. The van der Waals surface area contributed by atoms with Gasteiger partial charge in [0.2, 0.25) is 11.8 Å². The summed E-state index contributed by atoms with van der Waals surface area (Å²) >= 11 is 5.42. The highest BCUT2D eigenvalue weighted by Crippen LogP contribution is 2.26. The maximum absolute atomic E-state index is 12.6. The number of nitrogens with zero attached hydrogens (tertiary/aromatic N) is 3. The van der Waals surface area contributed by atoms with Gasteiger partial charge in [-0.2, -0.15) is 0 Å². The maximum atomic E-state index is 12.6. The fourth-order valence-corrected chi connectivity index (χ4v) is 4.91. The second kappa shape index (κ2) is 9.97. The lowest BCUT2D eigenvalue weighted by Crippen LogP contribution is -2.58. The number of amides is 2. The zero-order valence-corrected chi connectivity index (χ0v) is 18.8. The Bertz CT molecular complexity index is 780. The Hall–Kier alpha value is -2.17. The Morgan fingerprint density at radius 3 is 2.87 bits per heavy atom. The molecule has 0 aliphatic carbocycles. The van der Waals surface area contributed by atoms with Crippen LogP contribution in [0.1, 0.15) is 25.0 Å². The number of nitrogens with one attached hydrogen (secondary N) is 3. The molecule has 1 aromatic rings. The number of likely N-dealkylation sites (N-methyl/N-ethyl adjacent to an activating group) is 1. The van der Waals surface area contributed by atoms with Gasteiger partial charge in [-0.15, -0.1) is 0 Å². The van der Waals surface area contributed by atoms with Gasteiger partial charge in [0, 0.05) is 57.8 Å². The van der Waals surface area contributed by atoms with Gasteiger partial charge >= 0.3 is 0 Å². The van der Waals surface area contributed by atoms with Gasteiger partial charge < -0.3 is 30.2 Å². The molecule has 3 fully saturated rings. The van der Waals surface area contributed by atoms with Gasteiger partial charge in [0.05, 0.1) is 18.8 Å². The molecule has 10 heteroatoms. The first-order chi connectivity index (χ1) is 15.0. The number of fused-ring (bicyclic) bond motifs is 1. The van der Waals surface area contributed by atoms with Crippen molar-refractivity contribution in [3.8, 4) is 0 Å². The number of piperazine rings is 2. The van der Waals surface area contributed by atoms with Crippen molar-refractivity contribution in [1.82, 2.24) is 30.7 Å². The Balaban J connectivity index is 1.25. The lowest BCUT2D eigenvalue weighted by Gasteiger charge is -2.38.